The number of nitrogens with zero attached hydrogens (tertiary/aromatic N) is 3. The topological polar surface area (TPSA) is 103 Å². The molecule has 0 aromatic carbocycles. The van der Waals surface area contributed by atoms with Crippen LogP contribution in [0.2, 0.25) is 0 Å². The maximum absolute atomic E-state index is 11.3. The Morgan fingerprint density at radius 3 is 2.47 bits per heavy atom. The highest BCUT2D eigenvalue weighted by molar-refractivity contribution is 7.92. The number of hydrogen-bond donors (Lipinski definition) is 0. The fourth-order valence-corrected chi connectivity index (χ4v) is 1.52. The van der Waals surface area contributed by atoms with E-state index in [4.69, 9.17) is 4.74 Å². The number of ether oxygens (including phenoxy) is 1. The van der Waals surface area contributed by atoms with Crippen molar-refractivity contribution < 1.29 is 18.1 Å². The van der Waals surface area contributed by atoms with E-state index in [0.29, 0.717) is 0 Å². The summed E-state index contributed by atoms with van der Waals surface area (Å²) in [6.45, 7) is 0. The van der Waals surface area contributed by atoms with Gasteiger partial charge in [0.15, 0.2) is 0 Å². The zero-order valence-corrected chi connectivity index (χ0v) is 10.3. The molecule has 8 nitrogen and oxygen atoms in total. The van der Waals surface area contributed by atoms with Crippen molar-refractivity contribution in [2.45, 2.75) is 0 Å². The largest absolute Gasteiger partial charge is 0.481 e. The molecule has 9 heteroatoms. The van der Waals surface area contributed by atoms with Crippen molar-refractivity contribution in [1.29, 1.82) is 0 Å². The molecule has 0 amide bonds. The standard InChI is InChI=1S/C8H11N3O5S/c1-10(17(3,14)15)8-6(11(12)13)4-5-7(9-8)16-2/h4-5H,1-3H3. The lowest BCUT2D eigenvalue weighted by Gasteiger charge is -2.15. The molecule has 0 bridgehead atoms. The molecule has 0 aliphatic rings. The van der Waals surface area contributed by atoms with Crippen molar-refractivity contribution >= 4 is 21.5 Å². The minimum Gasteiger partial charge on any atom is -0.481 e. The van der Waals surface area contributed by atoms with E-state index in [1.807, 2.05) is 0 Å². The quantitative estimate of drug-likeness (QED) is 0.574. The lowest BCUT2D eigenvalue weighted by atomic mass is 10.4. The molecule has 17 heavy (non-hydrogen) atoms. The van der Waals surface area contributed by atoms with Crippen molar-refractivity contribution in [2.75, 3.05) is 24.7 Å². The van der Waals surface area contributed by atoms with Gasteiger partial charge in [-0.15, -0.1) is 0 Å². The third kappa shape index (κ3) is 2.81. The van der Waals surface area contributed by atoms with Crippen LogP contribution in [0.15, 0.2) is 12.1 Å². The van der Waals surface area contributed by atoms with Gasteiger partial charge < -0.3 is 4.74 Å². The Bertz CT molecular complexity index is 542. The van der Waals surface area contributed by atoms with E-state index in [2.05, 4.69) is 4.98 Å². The smallest absolute Gasteiger partial charge is 0.312 e. The summed E-state index contributed by atoms with van der Waals surface area (Å²) in [5.74, 6) is -0.182. The molecule has 1 aromatic rings. The fraction of sp³-hybridized carbons (Fsp3) is 0.375. The second kappa shape index (κ2) is 4.53. The lowest BCUT2D eigenvalue weighted by molar-refractivity contribution is -0.384. The Balaban J connectivity index is 3.42. The van der Waals surface area contributed by atoms with Gasteiger partial charge in [-0.1, -0.05) is 0 Å². The third-order valence-corrected chi connectivity index (χ3v) is 3.20. The number of nitro groups is 1. The first-order valence-corrected chi connectivity index (χ1v) is 6.25. The highest BCUT2D eigenvalue weighted by Crippen LogP contribution is 2.28. The SMILES string of the molecule is COc1ccc([N+](=O)[O-])c(N(C)S(C)(=O)=O)n1. The van der Waals surface area contributed by atoms with Gasteiger partial charge in [0.2, 0.25) is 21.7 Å². The van der Waals surface area contributed by atoms with Gasteiger partial charge in [0, 0.05) is 19.2 Å². The summed E-state index contributed by atoms with van der Waals surface area (Å²) in [4.78, 5) is 13.8. The van der Waals surface area contributed by atoms with Gasteiger partial charge in [-0.2, -0.15) is 4.98 Å². The first-order chi connectivity index (χ1) is 7.77. The van der Waals surface area contributed by atoms with Gasteiger partial charge in [-0.05, 0) is 0 Å². The molecule has 0 N–H and O–H groups in total. The van der Waals surface area contributed by atoms with Crippen LogP contribution in [-0.2, 0) is 10.0 Å². The van der Waals surface area contributed by atoms with Crippen molar-refractivity contribution in [2.24, 2.45) is 0 Å². The molecular weight excluding hydrogens is 250 g/mol. The molecule has 0 spiro atoms. The molecule has 0 radical (unpaired) electrons. The van der Waals surface area contributed by atoms with Crippen molar-refractivity contribution in [1.82, 2.24) is 4.98 Å². The predicted octanol–water partition coefficient (Wildman–Crippen LogP) is 0.394. The first-order valence-electron chi connectivity index (χ1n) is 4.40. The van der Waals surface area contributed by atoms with Gasteiger partial charge in [-0.3, -0.25) is 14.4 Å². The molecule has 1 aromatic heterocycles. The van der Waals surface area contributed by atoms with Crippen LogP contribution in [0.4, 0.5) is 11.5 Å². The van der Waals surface area contributed by atoms with Gasteiger partial charge in [0.05, 0.1) is 18.3 Å². The maximum Gasteiger partial charge on any atom is 0.312 e. The van der Waals surface area contributed by atoms with Gasteiger partial charge in [-0.25, -0.2) is 8.42 Å². The van der Waals surface area contributed by atoms with Gasteiger partial charge in [0.25, 0.3) is 0 Å². The summed E-state index contributed by atoms with van der Waals surface area (Å²) in [7, 11) is -1.11. The molecule has 0 fully saturated rings. The molecule has 94 valence electrons. The molecule has 0 saturated carbocycles. The van der Waals surface area contributed by atoms with E-state index < -0.39 is 20.6 Å². The number of pyridine rings is 1. The predicted molar refractivity (Wildman–Crippen MR) is 60.7 cm³/mol. The second-order valence-corrected chi connectivity index (χ2v) is 5.20. The van der Waals surface area contributed by atoms with E-state index in [1.54, 1.807) is 0 Å². The number of rotatable bonds is 4. The molecule has 1 rings (SSSR count). The van der Waals surface area contributed by atoms with E-state index >= 15 is 0 Å². The number of sulfonamides is 1. The minimum absolute atomic E-state index is 0.0982. The summed E-state index contributed by atoms with van der Waals surface area (Å²) in [6.07, 6.45) is 0.928. The van der Waals surface area contributed by atoms with Crippen LogP contribution >= 0.6 is 0 Å². The van der Waals surface area contributed by atoms with Gasteiger partial charge >= 0.3 is 5.69 Å². The highest BCUT2D eigenvalue weighted by Gasteiger charge is 2.25. The first kappa shape index (κ1) is 13.2. The zero-order valence-electron chi connectivity index (χ0n) is 9.45. The highest BCUT2D eigenvalue weighted by atomic mass is 32.2. The molecular formula is C8H11N3O5S. The third-order valence-electron chi connectivity index (χ3n) is 2.03. The monoisotopic (exact) mass is 261 g/mol. The average molecular weight is 261 g/mol. The fourth-order valence-electron chi connectivity index (χ4n) is 1.07. The van der Waals surface area contributed by atoms with E-state index in [9.17, 15) is 18.5 Å². The van der Waals surface area contributed by atoms with Gasteiger partial charge in [0.1, 0.15) is 0 Å². The zero-order chi connectivity index (χ0) is 13.2. The lowest BCUT2D eigenvalue weighted by Crippen LogP contribution is -2.26. The number of anilines is 1. The average Bonchev–Trinajstić information content (AvgIpc) is 2.25. The van der Waals surface area contributed by atoms with Crippen LogP contribution in [0.25, 0.3) is 0 Å². The summed E-state index contributed by atoms with van der Waals surface area (Å²) >= 11 is 0. The van der Waals surface area contributed by atoms with Crippen LogP contribution in [0.5, 0.6) is 5.88 Å². The molecule has 1 heterocycles. The van der Waals surface area contributed by atoms with Crippen LogP contribution in [0, 0.1) is 10.1 Å². The van der Waals surface area contributed by atoms with E-state index in [-0.39, 0.29) is 11.7 Å². The van der Waals surface area contributed by atoms with Crippen molar-refractivity contribution in [3.05, 3.63) is 22.2 Å². The number of methoxy groups -OCH3 is 1. The Labute approximate surface area is 98.0 Å². The summed E-state index contributed by atoms with van der Waals surface area (Å²) in [5, 5.41) is 10.8. The van der Waals surface area contributed by atoms with Crippen LogP contribution < -0.4 is 9.04 Å². The van der Waals surface area contributed by atoms with Crippen molar-refractivity contribution in [3.8, 4) is 5.88 Å². The molecule has 0 saturated heterocycles. The van der Waals surface area contributed by atoms with E-state index in [1.165, 1.54) is 20.2 Å². The molecule has 0 atom stereocenters. The molecule has 0 unspecified atom stereocenters. The van der Waals surface area contributed by atoms with Crippen LogP contribution in [0.1, 0.15) is 0 Å². The van der Waals surface area contributed by atoms with Crippen molar-refractivity contribution in [3.63, 3.8) is 0 Å². The van der Waals surface area contributed by atoms with E-state index in [0.717, 1.165) is 16.6 Å². The Morgan fingerprint density at radius 2 is 2.06 bits per heavy atom. The maximum atomic E-state index is 11.3. The minimum atomic E-state index is -3.63. The Kier molecular flexibility index (Phi) is 3.51. The van der Waals surface area contributed by atoms with Crippen LogP contribution in [-0.4, -0.2) is 38.7 Å². The Morgan fingerprint density at radius 1 is 1.47 bits per heavy atom. The summed E-state index contributed by atoms with van der Waals surface area (Å²) in [6, 6.07) is 2.43. The molecule has 0 aliphatic heterocycles. The number of aromatic nitrogens is 1. The van der Waals surface area contributed by atoms with Crippen LogP contribution in [0.3, 0.4) is 0 Å². The Hall–Kier alpha value is -1.90. The molecule has 0 aliphatic carbocycles. The second-order valence-electron chi connectivity index (χ2n) is 3.18. The summed E-state index contributed by atoms with van der Waals surface area (Å²) in [5.41, 5.74) is -0.404. The number of hydrogen-bond acceptors (Lipinski definition) is 6. The normalized spacial score (nSPS) is 11.0. The summed E-state index contributed by atoms with van der Waals surface area (Å²) < 4.78 is 28.2.